The van der Waals surface area contributed by atoms with Crippen molar-refractivity contribution in [1.29, 1.82) is 0 Å². The zero-order chi connectivity index (χ0) is 19.1. The molecule has 0 bridgehead atoms. The molecule has 3 rings (SSSR count). The maximum Gasteiger partial charge on any atom is 0.347 e. The third-order valence-corrected chi connectivity index (χ3v) is 4.40. The predicted molar refractivity (Wildman–Crippen MR) is 108 cm³/mol. The van der Waals surface area contributed by atoms with Crippen LogP contribution in [0.5, 0.6) is 5.75 Å². The molecule has 27 heavy (non-hydrogen) atoms. The molecule has 3 heteroatoms. The van der Waals surface area contributed by atoms with Crippen LogP contribution in [0.3, 0.4) is 0 Å². The number of hydrogen-bond acceptors (Lipinski definition) is 3. The third kappa shape index (κ3) is 4.98. The minimum Gasteiger partial charge on any atom is -0.478 e. The molecule has 0 aliphatic carbocycles. The molecule has 1 atom stereocenters. The number of hydrogen-bond donors (Lipinski definition) is 0. The van der Waals surface area contributed by atoms with Gasteiger partial charge in [-0.05, 0) is 48.2 Å². The maximum absolute atomic E-state index is 12.3. The van der Waals surface area contributed by atoms with Crippen molar-refractivity contribution in [3.8, 4) is 16.9 Å². The molecular formula is C24H24O3. The van der Waals surface area contributed by atoms with Crippen molar-refractivity contribution in [2.24, 2.45) is 0 Å². The Morgan fingerprint density at radius 2 is 1.56 bits per heavy atom. The lowest BCUT2D eigenvalue weighted by molar-refractivity contribution is -0.151. The molecule has 0 amide bonds. The predicted octanol–water partition coefficient (Wildman–Crippen LogP) is 5.22. The molecule has 0 saturated carbocycles. The molecule has 0 aromatic heterocycles. The van der Waals surface area contributed by atoms with Gasteiger partial charge in [-0.25, -0.2) is 4.79 Å². The van der Waals surface area contributed by atoms with Crippen molar-refractivity contribution < 1.29 is 14.3 Å². The summed E-state index contributed by atoms with van der Waals surface area (Å²) in [6, 6.07) is 25.9. The number of aryl methyl sites for hydroxylation is 1. The summed E-state index contributed by atoms with van der Waals surface area (Å²) in [5, 5.41) is 0. The summed E-state index contributed by atoms with van der Waals surface area (Å²) in [7, 11) is 0. The van der Waals surface area contributed by atoms with Gasteiger partial charge in [0.1, 0.15) is 5.75 Å². The molecule has 0 radical (unpaired) electrons. The second-order valence-electron chi connectivity index (χ2n) is 6.39. The summed E-state index contributed by atoms with van der Waals surface area (Å²) in [6.07, 6.45) is -0.198. The fourth-order valence-corrected chi connectivity index (χ4v) is 3.01. The van der Waals surface area contributed by atoms with E-state index >= 15 is 0 Å². The minimum absolute atomic E-state index is 0.333. The largest absolute Gasteiger partial charge is 0.478 e. The van der Waals surface area contributed by atoms with Crippen LogP contribution in [0.25, 0.3) is 11.1 Å². The monoisotopic (exact) mass is 360 g/mol. The van der Waals surface area contributed by atoms with Gasteiger partial charge in [0.25, 0.3) is 0 Å². The van der Waals surface area contributed by atoms with Crippen molar-refractivity contribution in [2.45, 2.75) is 26.4 Å². The van der Waals surface area contributed by atoms with E-state index in [2.05, 4.69) is 19.1 Å². The fraction of sp³-hybridized carbons (Fsp3) is 0.208. The van der Waals surface area contributed by atoms with E-state index in [0.717, 1.165) is 11.1 Å². The smallest absolute Gasteiger partial charge is 0.347 e. The van der Waals surface area contributed by atoms with Gasteiger partial charge in [-0.2, -0.15) is 0 Å². The highest BCUT2D eigenvalue weighted by atomic mass is 16.6. The van der Waals surface area contributed by atoms with E-state index in [9.17, 15) is 4.79 Å². The molecule has 0 spiro atoms. The first-order valence-corrected chi connectivity index (χ1v) is 9.20. The number of carbonyl (C=O) groups excluding carboxylic acids is 1. The van der Waals surface area contributed by atoms with E-state index in [-0.39, 0.29) is 5.97 Å². The molecule has 0 heterocycles. The van der Waals surface area contributed by atoms with Crippen molar-refractivity contribution in [3.63, 3.8) is 0 Å². The van der Waals surface area contributed by atoms with Crippen molar-refractivity contribution in [2.75, 3.05) is 6.61 Å². The molecule has 0 saturated heterocycles. The Kier molecular flexibility index (Phi) is 6.26. The Balaban J connectivity index is 1.77. The van der Waals surface area contributed by atoms with Gasteiger partial charge in [-0.1, -0.05) is 66.7 Å². The molecule has 3 aromatic rings. The van der Waals surface area contributed by atoms with E-state index < -0.39 is 6.10 Å². The summed E-state index contributed by atoms with van der Waals surface area (Å²) >= 11 is 0. The van der Waals surface area contributed by atoms with Crippen LogP contribution in [0.4, 0.5) is 0 Å². The van der Waals surface area contributed by atoms with Crippen LogP contribution in [-0.4, -0.2) is 18.7 Å². The molecular weight excluding hydrogens is 336 g/mol. The lowest BCUT2D eigenvalue weighted by atomic mass is 10.0. The van der Waals surface area contributed by atoms with Gasteiger partial charge in [-0.15, -0.1) is 0 Å². The summed E-state index contributed by atoms with van der Waals surface area (Å²) in [5.74, 6) is 0.311. The van der Waals surface area contributed by atoms with Crippen LogP contribution in [0, 0.1) is 6.92 Å². The normalized spacial score (nSPS) is 11.6. The average molecular weight is 360 g/mol. The molecule has 0 N–H and O–H groups in total. The van der Waals surface area contributed by atoms with Gasteiger partial charge < -0.3 is 9.47 Å². The average Bonchev–Trinajstić information content (AvgIpc) is 2.69. The first-order chi connectivity index (χ1) is 13.2. The Bertz CT molecular complexity index is 870. The van der Waals surface area contributed by atoms with Gasteiger partial charge in [0, 0.05) is 6.42 Å². The molecule has 3 nitrogen and oxygen atoms in total. The van der Waals surface area contributed by atoms with E-state index in [1.165, 1.54) is 11.1 Å². The van der Waals surface area contributed by atoms with Crippen LogP contribution in [0.15, 0.2) is 78.9 Å². The summed E-state index contributed by atoms with van der Waals surface area (Å²) in [6.45, 7) is 4.23. The van der Waals surface area contributed by atoms with Gasteiger partial charge in [0.05, 0.1) is 6.61 Å². The summed E-state index contributed by atoms with van der Waals surface area (Å²) in [4.78, 5) is 12.3. The van der Waals surface area contributed by atoms with Gasteiger partial charge in [-0.3, -0.25) is 0 Å². The Morgan fingerprint density at radius 3 is 2.22 bits per heavy atom. The van der Waals surface area contributed by atoms with Crippen LogP contribution in [-0.2, 0) is 16.0 Å². The van der Waals surface area contributed by atoms with Gasteiger partial charge in [0.15, 0.2) is 6.10 Å². The van der Waals surface area contributed by atoms with E-state index in [0.29, 0.717) is 18.8 Å². The SMILES string of the molecule is CCOC(=O)[C@H](Cc1ccccc1)Oc1ccc(-c2ccccc2C)cc1. The van der Waals surface area contributed by atoms with Crippen LogP contribution >= 0.6 is 0 Å². The van der Waals surface area contributed by atoms with Crippen molar-refractivity contribution in [1.82, 2.24) is 0 Å². The first-order valence-electron chi connectivity index (χ1n) is 9.20. The molecule has 0 fully saturated rings. The zero-order valence-corrected chi connectivity index (χ0v) is 15.7. The van der Waals surface area contributed by atoms with E-state index in [1.807, 2.05) is 66.7 Å². The van der Waals surface area contributed by atoms with Crippen molar-refractivity contribution >= 4 is 5.97 Å². The molecule has 0 aliphatic heterocycles. The minimum atomic E-state index is -0.670. The molecule has 3 aromatic carbocycles. The second kappa shape index (κ2) is 9.04. The highest BCUT2D eigenvalue weighted by Crippen LogP contribution is 2.26. The molecule has 0 aliphatic rings. The number of carbonyl (C=O) groups is 1. The topological polar surface area (TPSA) is 35.5 Å². The van der Waals surface area contributed by atoms with Crippen LogP contribution in [0.2, 0.25) is 0 Å². The van der Waals surface area contributed by atoms with E-state index in [4.69, 9.17) is 9.47 Å². The van der Waals surface area contributed by atoms with Gasteiger partial charge in [0.2, 0.25) is 0 Å². The second-order valence-corrected chi connectivity index (χ2v) is 6.39. The van der Waals surface area contributed by atoms with Crippen molar-refractivity contribution in [3.05, 3.63) is 90.0 Å². The zero-order valence-electron chi connectivity index (χ0n) is 15.7. The number of rotatable bonds is 7. The Hall–Kier alpha value is -3.07. The third-order valence-electron chi connectivity index (χ3n) is 4.40. The lowest BCUT2D eigenvalue weighted by Crippen LogP contribution is -2.31. The van der Waals surface area contributed by atoms with E-state index in [1.54, 1.807) is 6.92 Å². The molecule has 0 unspecified atom stereocenters. The quantitative estimate of drug-likeness (QED) is 0.542. The number of esters is 1. The van der Waals surface area contributed by atoms with Crippen LogP contribution in [0.1, 0.15) is 18.1 Å². The van der Waals surface area contributed by atoms with Crippen LogP contribution < -0.4 is 4.74 Å². The lowest BCUT2D eigenvalue weighted by Gasteiger charge is -2.18. The fourth-order valence-electron chi connectivity index (χ4n) is 3.01. The maximum atomic E-state index is 12.3. The summed E-state index contributed by atoms with van der Waals surface area (Å²) < 4.78 is 11.2. The standard InChI is InChI=1S/C24H24O3/c1-3-26-24(25)23(17-19-10-5-4-6-11-19)27-21-15-13-20(14-16-21)22-12-8-7-9-18(22)2/h4-16,23H,3,17H2,1-2H3/t23-/m0/s1. The Morgan fingerprint density at radius 1 is 0.889 bits per heavy atom. The first kappa shape index (κ1) is 18.7. The van der Waals surface area contributed by atoms with Gasteiger partial charge >= 0.3 is 5.97 Å². The highest BCUT2D eigenvalue weighted by Gasteiger charge is 2.22. The number of benzene rings is 3. The molecule has 138 valence electrons. The highest BCUT2D eigenvalue weighted by molar-refractivity contribution is 5.75. The number of ether oxygens (including phenoxy) is 2. The summed E-state index contributed by atoms with van der Waals surface area (Å²) in [5.41, 5.74) is 4.57. The Labute approximate surface area is 160 Å².